The summed E-state index contributed by atoms with van der Waals surface area (Å²) < 4.78 is 3.34. The van der Waals surface area contributed by atoms with E-state index in [1.807, 2.05) is 17.8 Å². The first-order chi connectivity index (χ1) is 6.33. The summed E-state index contributed by atoms with van der Waals surface area (Å²) in [5, 5.41) is 0. The average molecular weight is 261 g/mol. The third-order valence-electron chi connectivity index (χ3n) is 1.70. The highest BCUT2D eigenvalue weighted by Crippen LogP contribution is 2.06. The molecule has 1 nitrogen and oxygen atoms in total. The van der Waals surface area contributed by atoms with Crippen molar-refractivity contribution in [2.75, 3.05) is 5.75 Å². The molecule has 72 valence electrons. The van der Waals surface area contributed by atoms with Crippen LogP contribution in [0, 0.1) is 0 Å². The Balaban J connectivity index is 2.28. The Labute approximate surface area is 92.7 Å². The van der Waals surface area contributed by atoms with Gasteiger partial charge in [-0.05, 0) is 34.2 Å². The van der Waals surface area contributed by atoms with E-state index in [0.29, 0.717) is 0 Å². The monoisotopic (exact) mass is 260 g/mol. The van der Waals surface area contributed by atoms with Crippen molar-refractivity contribution < 1.29 is 4.57 Å². The van der Waals surface area contributed by atoms with Gasteiger partial charge in [0.25, 0.3) is 0 Å². The van der Waals surface area contributed by atoms with E-state index in [9.17, 15) is 0 Å². The lowest BCUT2D eigenvalue weighted by Gasteiger charge is -1.96. The molecule has 1 aromatic heterocycles. The summed E-state index contributed by atoms with van der Waals surface area (Å²) in [5.41, 5.74) is 0. The standard InChI is InChI=1S/C10H15BrNS/c1-2-3-7-13-9-12-6-4-5-10(11)8-12/h4-6,8H,2-3,7,9H2,1H3/q+1. The minimum atomic E-state index is 1.06. The summed E-state index contributed by atoms with van der Waals surface area (Å²) in [6.45, 7) is 2.23. The van der Waals surface area contributed by atoms with E-state index in [4.69, 9.17) is 0 Å². The van der Waals surface area contributed by atoms with Crippen LogP contribution in [0.1, 0.15) is 19.8 Å². The van der Waals surface area contributed by atoms with Crippen molar-refractivity contribution in [2.45, 2.75) is 25.6 Å². The molecular weight excluding hydrogens is 246 g/mol. The highest BCUT2D eigenvalue weighted by atomic mass is 79.9. The molecule has 0 spiro atoms. The molecular formula is C10H15BrNS+. The zero-order valence-electron chi connectivity index (χ0n) is 7.87. The van der Waals surface area contributed by atoms with Crippen LogP contribution in [0.15, 0.2) is 29.0 Å². The van der Waals surface area contributed by atoms with E-state index in [0.717, 1.165) is 10.3 Å². The molecule has 3 heteroatoms. The van der Waals surface area contributed by atoms with E-state index in [1.54, 1.807) is 0 Å². The molecule has 0 aliphatic heterocycles. The van der Waals surface area contributed by atoms with Gasteiger partial charge >= 0.3 is 0 Å². The number of thioether (sulfide) groups is 1. The second-order valence-electron chi connectivity index (χ2n) is 2.93. The highest BCUT2D eigenvalue weighted by Gasteiger charge is 1.99. The number of hydrogen-bond acceptors (Lipinski definition) is 1. The van der Waals surface area contributed by atoms with Gasteiger partial charge in [-0.25, -0.2) is 0 Å². The fraction of sp³-hybridized carbons (Fsp3) is 0.500. The zero-order chi connectivity index (χ0) is 9.52. The molecule has 1 aromatic rings. The maximum Gasteiger partial charge on any atom is 0.194 e. The van der Waals surface area contributed by atoms with Crippen LogP contribution >= 0.6 is 27.7 Å². The van der Waals surface area contributed by atoms with Gasteiger partial charge in [0, 0.05) is 6.07 Å². The lowest BCUT2D eigenvalue weighted by atomic mass is 10.4. The highest BCUT2D eigenvalue weighted by molar-refractivity contribution is 9.10. The van der Waals surface area contributed by atoms with Crippen molar-refractivity contribution in [1.82, 2.24) is 0 Å². The third kappa shape index (κ3) is 4.67. The normalized spacial score (nSPS) is 10.3. The Morgan fingerprint density at radius 3 is 3.08 bits per heavy atom. The van der Waals surface area contributed by atoms with Gasteiger partial charge in [0.1, 0.15) is 0 Å². The third-order valence-corrected chi connectivity index (χ3v) is 3.23. The van der Waals surface area contributed by atoms with Crippen molar-refractivity contribution in [3.63, 3.8) is 0 Å². The molecule has 0 amide bonds. The smallest absolute Gasteiger partial charge is 0.194 e. The number of rotatable bonds is 5. The Hall–Kier alpha value is -0.0200. The molecule has 0 radical (unpaired) electrons. The minimum Gasteiger partial charge on any atom is -0.194 e. The van der Waals surface area contributed by atoms with E-state index in [-0.39, 0.29) is 0 Å². The first-order valence-corrected chi connectivity index (χ1v) is 6.50. The van der Waals surface area contributed by atoms with Gasteiger partial charge in [-0.2, -0.15) is 4.57 Å². The summed E-state index contributed by atoms with van der Waals surface area (Å²) >= 11 is 5.44. The number of nitrogens with zero attached hydrogens (tertiary/aromatic N) is 1. The van der Waals surface area contributed by atoms with Crippen molar-refractivity contribution >= 4 is 27.7 Å². The van der Waals surface area contributed by atoms with Crippen molar-refractivity contribution in [2.24, 2.45) is 0 Å². The van der Waals surface area contributed by atoms with Crippen LogP contribution in [0.5, 0.6) is 0 Å². The van der Waals surface area contributed by atoms with E-state index < -0.39 is 0 Å². The molecule has 0 unspecified atom stereocenters. The van der Waals surface area contributed by atoms with Gasteiger partial charge in [-0.1, -0.05) is 25.1 Å². The first-order valence-electron chi connectivity index (χ1n) is 4.55. The lowest BCUT2D eigenvalue weighted by molar-refractivity contribution is -0.676. The quantitative estimate of drug-likeness (QED) is 0.581. The fourth-order valence-corrected chi connectivity index (χ4v) is 2.40. The SMILES string of the molecule is CCCCSC[n+]1cccc(Br)c1. The van der Waals surface area contributed by atoms with Crippen LogP contribution in [0.3, 0.4) is 0 Å². The fourth-order valence-electron chi connectivity index (χ4n) is 0.987. The second kappa shape index (κ2) is 6.44. The van der Waals surface area contributed by atoms with Gasteiger partial charge in [0.15, 0.2) is 18.3 Å². The second-order valence-corrected chi connectivity index (χ2v) is 4.92. The van der Waals surface area contributed by atoms with Gasteiger partial charge < -0.3 is 0 Å². The lowest BCUT2D eigenvalue weighted by Crippen LogP contribution is -2.30. The van der Waals surface area contributed by atoms with Crippen LogP contribution in [-0.2, 0) is 5.88 Å². The summed E-state index contributed by atoms with van der Waals surface area (Å²) in [5.74, 6) is 2.31. The van der Waals surface area contributed by atoms with Gasteiger partial charge in [0.2, 0.25) is 0 Å². The molecule has 0 atom stereocenters. The van der Waals surface area contributed by atoms with Crippen LogP contribution in [0.2, 0.25) is 0 Å². The van der Waals surface area contributed by atoms with E-state index in [2.05, 4.69) is 45.9 Å². The molecule has 0 saturated carbocycles. The number of aromatic nitrogens is 1. The molecule has 0 fully saturated rings. The molecule has 0 aliphatic carbocycles. The van der Waals surface area contributed by atoms with Crippen molar-refractivity contribution in [3.05, 3.63) is 29.0 Å². The summed E-state index contributed by atoms with van der Waals surface area (Å²) in [6, 6.07) is 4.11. The topological polar surface area (TPSA) is 3.88 Å². The first kappa shape index (κ1) is 11.1. The predicted molar refractivity (Wildman–Crippen MR) is 61.7 cm³/mol. The van der Waals surface area contributed by atoms with E-state index >= 15 is 0 Å². The molecule has 0 aliphatic rings. The van der Waals surface area contributed by atoms with Crippen molar-refractivity contribution in [1.29, 1.82) is 0 Å². The van der Waals surface area contributed by atoms with Gasteiger partial charge in [0.05, 0.1) is 4.47 Å². The van der Waals surface area contributed by atoms with Gasteiger partial charge in [-0.15, -0.1) is 0 Å². The summed E-state index contributed by atoms with van der Waals surface area (Å²) in [4.78, 5) is 0. The Bertz CT molecular complexity index is 252. The number of hydrogen-bond donors (Lipinski definition) is 0. The maximum atomic E-state index is 3.45. The molecule has 1 heterocycles. The molecule has 0 saturated heterocycles. The maximum absolute atomic E-state index is 3.45. The Kier molecular flexibility index (Phi) is 5.47. The molecule has 0 aromatic carbocycles. The molecule has 0 N–H and O–H groups in total. The van der Waals surface area contributed by atoms with Crippen LogP contribution < -0.4 is 4.57 Å². The van der Waals surface area contributed by atoms with Crippen LogP contribution in [0.4, 0.5) is 0 Å². The van der Waals surface area contributed by atoms with Crippen LogP contribution in [-0.4, -0.2) is 5.75 Å². The minimum absolute atomic E-state index is 1.06. The van der Waals surface area contributed by atoms with Gasteiger partial charge in [-0.3, -0.25) is 0 Å². The average Bonchev–Trinajstić information content (AvgIpc) is 2.13. The van der Waals surface area contributed by atoms with Crippen molar-refractivity contribution in [3.8, 4) is 0 Å². The predicted octanol–water partition coefficient (Wildman–Crippen LogP) is 3.23. The number of unbranched alkanes of at least 4 members (excludes halogenated alkanes) is 1. The Morgan fingerprint density at radius 1 is 1.54 bits per heavy atom. The molecule has 0 bridgehead atoms. The molecule has 1 rings (SSSR count). The summed E-state index contributed by atoms with van der Waals surface area (Å²) in [7, 11) is 0. The summed E-state index contributed by atoms with van der Waals surface area (Å²) in [6.07, 6.45) is 6.82. The largest absolute Gasteiger partial charge is 0.194 e. The molecule has 13 heavy (non-hydrogen) atoms. The van der Waals surface area contributed by atoms with Crippen LogP contribution in [0.25, 0.3) is 0 Å². The number of pyridine rings is 1. The zero-order valence-corrected chi connectivity index (χ0v) is 10.3. The Morgan fingerprint density at radius 2 is 2.38 bits per heavy atom. The number of halogens is 1. The van der Waals surface area contributed by atoms with E-state index in [1.165, 1.54) is 18.6 Å².